The predicted octanol–water partition coefficient (Wildman–Crippen LogP) is 8.58. The summed E-state index contributed by atoms with van der Waals surface area (Å²) >= 11 is 0. The van der Waals surface area contributed by atoms with Gasteiger partial charge in [0.25, 0.3) is 8.32 Å². The van der Waals surface area contributed by atoms with Crippen molar-refractivity contribution < 1.29 is 30.7 Å². The van der Waals surface area contributed by atoms with E-state index >= 15 is 0 Å². The zero-order valence-corrected chi connectivity index (χ0v) is 33.0. The summed E-state index contributed by atoms with van der Waals surface area (Å²) in [5.74, 6) is 0. The number of nitrogens with one attached hydrogen (secondary N) is 1. The second kappa shape index (κ2) is 19.4. The largest absolute Gasteiger partial charge is 0.444 e. The molecule has 8 nitrogen and oxygen atoms in total. The van der Waals surface area contributed by atoms with Crippen molar-refractivity contribution in [3.05, 3.63) is 60.7 Å². The molecule has 3 rings (SSSR count). The number of unbranched alkanes of at least 4 members (excludes halogenated alkanes) is 11. The second-order valence-electron chi connectivity index (χ2n) is 15.5. The van der Waals surface area contributed by atoms with E-state index < -0.39 is 48.7 Å². The number of amides is 1. The topological polar surface area (TPSA) is 100 Å². The van der Waals surface area contributed by atoms with Crippen molar-refractivity contribution in [3.63, 3.8) is 0 Å². The molecule has 1 heterocycles. The van der Waals surface area contributed by atoms with Crippen LogP contribution >= 0.6 is 0 Å². The first-order valence-electron chi connectivity index (χ1n) is 18.5. The van der Waals surface area contributed by atoms with Gasteiger partial charge in [-0.1, -0.05) is 165 Å². The molecule has 1 fully saturated rings. The summed E-state index contributed by atoms with van der Waals surface area (Å²) < 4.78 is 49.4. The predicted molar refractivity (Wildman–Crippen MR) is 201 cm³/mol. The van der Waals surface area contributed by atoms with Gasteiger partial charge in [0.15, 0.2) is 0 Å². The summed E-state index contributed by atoms with van der Waals surface area (Å²) in [6.45, 7) is 14.1. The van der Waals surface area contributed by atoms with Gasteiger partial charge in [0.1, 0.15) is 17.8 Å². The zero-order chi connectivity index (χ0) is 36.0. The lowest BCUT2D eigenvalue weighted by atomic mass is 9.99. The molecule has 0 saturated carbocycles. The molecule has 3 atom stereocenters. The van der Waals surface area contributed by atoms with Gasteiger partial charge in [-0.05, 0) is 42.6 Å². The average Bonchev–Trinajstić information content (AvgIpc) is 3.34. The molecule has 1 amide bonds. The minimum atomic E-state index is -4.25. The standard InChI is InChI=1S/C39H63NO7SSi/c1-8-9-10-11-12-13-14-15-16-17-18-25-30-35-36(47-48(42,43)46-35)34(40-37(41)45-38(2,3)4)31-44-49(39(5,6)7,32-26-21-19-22-27-32)33-28-23-20-24-29-33/h19-24,26-29,34-36H,8-18,25,30-31H2,1-7H3,(H,40,41)/t34-,35+,36-/m0/s1. The molecule has 0 aliphatic carbocycles. The van der Waals surface area contributed by atoms with Gasteiger partial charge >= 0.3 is 16.5 Å². The SMILES string of the molecule is CCCCCCCCCCCCCC[C@H]1OS(=O)(=O)O[C@H]1[C@H](CO[Si](c1ccccc1)(c1ccccc1)C(C)(C)C)NC(=O)OC(C)(C)C. The highest BCUT2D eigenvalue weighted by atomic mass is 32.3. The van der Waals surface area contributed by atoms with E-state index in [0.29, 0.717) is 6.42 Å². The van der Waals surface area contributed by atoms with Gasteiger partial charge in [0.05, 0.1) is 12.6 Å². The Labute approximate surface area is 298 Å². The molecule has 1 aliphatic heterocycles. The van der Waals surface area contributed by atoms with Crippen molar-refractivity contribution in [1.29, 1.82) is 0 Å². The monoisotopic (exact) mass is 717 g/mol. The van der Waals surface area contributed by atoms with Crippen molar-refractivity contribution in [2.45, 2.75) is 161 Å². The fourth-order valence-electron chi connectivity index (χ4n) is 6.81. The van der Waals surface area contributed by atoms with Crippen LogP contribution in [0.15, 0.2) is 60.7 Å². The highest BCUT2D eigenvalue weighted by molar-refractivity contribution is 7.82. The van der Waals surface area contributed by atoms with Crippen molar-refractivity contribution in [3.8, 4) is 0 Å². The van der Waals surface area contributed by atoms with Crippen molar-refractivity contribution in [1.82, 2.24) is 5.32 Å². The van der Waals surface area contributed by atoms with Gasteiger partial charge in [-0.2, -0.15) is 8.42 Å². The van der Waals surface area contributed by atoms with E-state index in [9.17, 15) is 13.2 Å². The number of hydrogen-bond acceptors (Lipinski definition) is 7. The van der Waals surface area contributed by atoms with E-state index in [1.807, 2.05) is 36.4 Å². The summed E-state index contributed by atoms with van der Waals surface area (Å²) in [6.07, 6.45) is 12.6. The summed E-state index contributed by atoms with van der Waals surface area (Å²) in [4.78, 5) is 13.2. The summed E-state index contributed by atoms with van der Waals surface area (Å²) in [5, 5.41) is 4.76. The van der Waals surface area contributed by atoms with E-state index in [-0.39, 0.29) is 11.6 Å². The third kappa shape index (κ3) is 13.1. The first kappa shape index (κ1) is 41.2. The van der Waals surface area contributed by atoms with Crippen LogP contribution in [0.4, 0.5) is 4.79 Å². The molecule has 10 heteroatoms. The molecule has 0 bridgehead atoms. The molecule has 1 saturated heterocycles. The smallest absolute Gasteiger partial charge is 0.408 e. The van der Waals surface area contributed by atoms with Gasteiger partial charge in [-0.25, -0.2) is 13.2 Å². The Morgan fingerprint density at radius 2 is 1.22 bits per heavy atom. The van der Waals surface area contributed by atoms with Gasteiger partial charge in [-0.15, -0.1) is 0 Å². The summed E-state index contributed by atoms with van der Waals surface area (Å²) in [6, 6.07) is 19.5. The molecule has 49 heavy (non-hydrogen) atoms. The van der Waals surface area contributed by atoms with Crippen LogP contribution in [0.5, 0.6) is 0 Å². The number of carbonyl (C=O) groups is 1. The highest BCUT2D eigenvalue weighted by Gasteiger charge is 2.52. The zero-order valence-electron chi connectivity index (χ0n) is 31.2. The lowest BCUT2D eigenvalue weighted by Crippen LogP contribution is -2.68. The van der Waals surface area contributed by atoms with Crippen molar-refractivity contribution in [2.75, 3.05) is 6.61 Å². The Morgan fingerprint density at radius 3 is 1.67 bits per heavy atom. The molecule has 2 aromatic carbocycles. The van der Waals surface area contributed by atoms with Gasteiger partial charge in [-0.3, -0.25) is 0 Å². The number of hydrogen-bond donors (Lipinski definition) is 1. The number of ether oxygens (including phenoxy) is 1. The van der Waals surface area contributed by atoms with Crippen molar-refractivity contribution in [2.24, 2.45) is 0 Å². The van der Waals surface area contributed by atoms with Crippen LogP contribution < -0.4 is 15.7 Å². The van der Waals surface area contributed by atoms with Crippen LogP contribution in [0.25, 0.3) is 0 Å². The van der Waals surface area contributed by atoms with E-state index in [0.717, 1.165) is 29.6 Å². The first-order chi connectivity index (χ1) is 23.2. The Bertz CT molecular complexity index is 1300. The Hall–Kier alpha value is -2.24. The number of carbonyl (C=O) groups excluding carboxylic acids is 1. The Kier molecular flexibility index (Phi) is 16.3. The third-order valence-electron chi connectivity index (χ3n) is 9.17. The van der Waals surface area contributed by atoms with Crippen molar-refractivity contribution >= 4 is 35.2 Å². The maximum atomic E-state index is 13.2. The van der Waals surface area contributed by atoms with Crippen LogP contribution in [-0.4, -0.2) is 53.3 Å². The lowest BCUT2D eigenvalue weighted by Gasteiger charge is -2.44. The van der Waals surface area contributed by atoms with E-state index in [1.54, 1.807) is 20.8 Å². The molecule has 276 valence electrons. The van der Waals surface area contributed by atoms with Crippen LogP contribution in [0, 0.1) is 0 Å². The minimum absolute atomic E-state index is 0.00497. The normalized spacial score (nSPS) is 18.7. The minimum Gasteiger partial charge on any atom is -0.444 e. The van der Waals surface area contributed by atoms with Crippen LogP contribution in [-0.2, 0) is 27.9 Å². The fraction of sp³-hybridized carbons (Fsp3) is 0.667. The lowest BCUT2D eigenvalue weighted by molar-refractivity contribution is 0.0351. The maximum Gasteiger partial charge on any atom is 0.408 e. The summed E-state index contributed by atoms with van der Waals surface area (Å²) in [5.41, 5.74) is -0.749. The molecule has 0 spiro atoms. The Balaban J connectivity index is 1.77. The highest BCUT2D eigenvalue weighted by Crippen LogP contribution is 2.37. The molecule has 1 N–H and O–H groups in total. The molecule has 0 aromatic heterocycles. The molecular weight excluding hydrogens is 655 g/mol. The Morgan fingerprint density at radius 1 is 0.755 bits per heavy atom. The van der Waals surface area contributed by atoms with Gasteiger partial charge < -0.3 is 14.5 Å². The average molecular weight is 718 g/mol. The van der Waals surface area contributed by atoms with E-state index in [4.69, 9.17) is 17.5 Å². The number of rotatable bonds is 20. The van der Waals surface area contributed by atoms with Gasteiger partial charge in [0, 0.05) is 0 Å². The molecule has 0 radical (unpaired) electrons. The number of alkyl carbamates (subject to hydrolysis) is 1. The quantitative estimate of drug-likeness (QED) is 0.108. The molecule has 1 aliphatic rings. The molecule has 2 aromatic rings. The maximum absolute atomic E-state index is 13.2. The first-order valence-corrected chi connectivity index (χ1v) is 21.8. The molecular formula is C39H63NO7SSi. The number of benzene rings is 2. The summed E-state index contributed by atoms with van der Waals surface area (Å²) in [7, 11) is -7.27. The van der Waals surface area contributed by atoms with Crippen LogP contribution in [0.2, 0.25) is 5.04 Å². The van der Waals surface area contributed by atoms with Crippen LogP contribution in [0.1, 0.15) is 132 Å². The van der Waals surface area contributed by atoms with Gasteiger partial charge in [0.2, 0.25) is 0 Å². The van der Waals surface area contributed by atoms with Crippen LogP contribution in [0.3, 0.4) is 0 Å². The fourth-order valence-corrected chi connectivity index (χ4v) is 12.5. The third-order valence-corrected chi connectivity index (χ3v) is 15.1. The molecule has 0 unspecified atom stereocenters. The second-order valence-corrected chi connectivity index (χ2v) is 21.0. The van der Waals surface area contributed by atoms with E-state index in [1.165, 1.54) is 57.8 Å². The van der Waals surface area contributed by atoms with E-state index in [2.05, 4.69) is 57.3 Å².